The molecule has 0 saturated heterocycles. The fourth-order valence-corrected chi connectivity index (χ4v) is 3.61. The Labute approximate surface area is 191 Å². The smallest absolute Gasteiger partial charge is 0.315 e. The number of ether oxygens (including phenoxy) is 3. The quantitative estimate of drug-likeness (QED) is 0.404. The van der Waals surface area contributed by atoms with E-state index in [-0.39, 0.29) is 23.5 Å². The van der Waals surface area contributed by atoms with Crippen LogP contribution in [0.5, 0.6) is 11.5 Å². The number of carbonyl (C=O) groups is 2. The van der Waals surface area contributed by atoms with Gasteiger partial charge in [0.2, 0.25) is 5.91 Å². The highest BCUT2D eigenvalue weighted by atomic mass is 35.5. The summed E-state index contributed by atoms with van der Waals surface area (Å²) in [5.74, 6) is 0.0469. The molecule has 168 valence electrons. The Balaban J connectivity index is 2.50. The number of amides is 1. The molecule has 1 heterocycles. The SMILES string of the molecule is CCOC(=O)CC(=O)N(Cc1ccc(OC)cc1OC)C(C)(C)c1ncc(Cl)nc1Cl. The van der Waals surface area contributed by atoms with Gasteiger partial charge in [-0.15, -0.1) is 0 Å². The van der Waals surface area contributed by atoms with Crippen LogP contribution in [0, 0.1) is 0 Å². The van der Waals surface area contributed by atoms with Crippen LogP contribution in [0.15, 0.2) is 24.4 Å². The summed E-state index contributed by atoms with van der Waals surface area (Å²) in [6.45, 7) is 5.48. The van der Waals surface area contributed by atoms with Crippen molar-refractivity contribution in [2.75, 3.05) is 20.8 Å². The van der Waals surface area contributed by atoms with Crippen molar-refractivity contribution in [2.45, 2.75) is 39.3 Å². The van der Waals surface area contributed by atoms with Gasteiger partial charge < -0.3 is 19.1 Å². The van der Waals surface area contributed by atoms with Gasteiger partial charge in [0.15, 0.2) is 5.15 Å². The van der Waals surface area contributed by atoms with Gasteiger partial charge in [-0.25, -0.2) is 4.98 Å². The van der Waals surface area contributed by atoms with Gasteiger partial charge in [-0.2, -0.15) is 0 Å². The predicted octanol–water partition coefficient (Wildman–Crippen LogP) is 4.02. The summed E-state index contributed by atoms with van der Waals surface area (Å²) in [7, 11) is 3.07. The van der Waals surface area contributed by atoms with Gasteiger partial charge in [0.1, 0.15) is 28.8 Å². The summed E-state index contributed by atoms with van der Waals surface area (Å²) in [5, 5.41) is 0.193. The van der Waals surface area contributed by atoms with E-state index in [0.29, 0.717) is 22.8 Å². The van der Waals surface area contributed by atoms with E-state index in [4.69, 9.17) is 37.4 Å². The van der Waals surface area contributed by atoms with Gasteiger partial charge in [-0.3, -0.25) is 14.6 Å². The van der Waals surface area contributed by atoms with Crippen LogP contribution < -0.4 is 9.47 Å². The molecule has 1 aromatic heterocycles. The normalized spacial score (nSPS) is 11.1. The summed E-state index contributed by atoms with van der Waals surface area (Å²) in [5.41, 5.74) is -0.00157. The van der Waals surface area contributed by atoms with Crippen molar-refractivity contribution in [3.63, 3.8) is 0 Å². The summed E-state index contributed by atoms with van der Waals surface area (Å²) >= 11 is 12.2. The van der Waals surface area contributed by atoms with Gasteiger partial charge in [-0.05, 0) is 32.9 Å². The Morgan fingerprint density at radius 1 is 1.16 bits per heavy atom. The van der Waals surface area contributed by atoms with Gasteiger partial charge in [0, 0.05) is 11.6 Å². The highest BCUT2D eigenvalue weighted by Crippen LogP contribution is 2.35. The lowest BCUT2D eigenvalue weighted by atomic mass is 9.96. The maximum absolute atomic E-state index is 13.2. The van der Waals surface area contributed by atoms with Crippen molar-refractivity contribution in [1.29, 1.82) is 0 Å². The Bertz CT molecular complexity index is 953. The first-order valence-corrected chi connectivity index (χ1v) is 10.2. The molecule has 31 heavy (non-hydrogen) atoms. The Kier molecular flexibility index (Phi) is 8.47. The van der Waals surface area contributed by atoms with E-state index in [0.717, 1.165) is 0 Å². The molecule has 0 unspecified atom stereocenters. The van der Waals surface area contributed by atoms with E-state index >= 15 is 0 Å². The molecule has 0 aliphatic carbocycles. The molecule has 0 fully saturated rings. The number of methoxy groups -OCH3 is 2. The number of hydrogen-bond donors (Lipinski definition) is 0. The van der Waals surface area contributed by atoms with Crippen LogP contribution in [0.3, 0.4) is 0 Å². The monoisotopic (exact) mass is 469 g/mol. The first-order valence-electron chi connectivity index (χ1n) is 9.49. The number of esters is 1. The number of hydrogen-bond acceptors (Lipinski definition) is 7. The predicted molar refractivity (Wildman–Crippen MR) is 116 cm³/mol. The van der Waals surface area contributed by atoms with Crippen molar-refractivity contribution in [3.05, 3.63) is 46.0 Å². The second-order valence-electron chi connectivity index (χ2n) is 7.03. The maximum atomic E-state index is 13.2. The Morgan fingerprint density at radius 3 is 2.45 bits per heavy atom. The average Bonchev–Trinajstić information content (AvgIpc) is 2.71. The lowest BCUT2D eigenvalue weighted by molar-refractivity contribution is -0.151. The number of benzene rings is 1. The fourth-order valence-electron chi connectivity index (χ4n) is 3.07. The first-order chi connectivity index (χ1) is 14.6. The second-order valence-corrected chi connectivity index (χ2v) is 7.78. The van der Waals surface area contributed by atoms with E-state index in [9.17, 15) is 9.59 Å². The zero-order valence-corrected chi connectivity index (χ0v) is 19.6. The summed E-state index contributed by atoms with van der Waals surface area (Å²) in [4.78, 5) is 35.0. The van der Waals surface area contributed by atoms with E-state index in [1.54, 1.807) is 46.1 Å². The molecular formula is C21H25Cl2N3O5. The van der Waals surface area contributed by atoms with Crippen molar-refractivity contribution in [3.8, 4) is 11.5 Å². The summed E-state index contributed by atoms with van der Waals surface area (Å²) in [6, 6.07) is 5.26. The fraction of sp³-hybridized carbons (Fsp3) is 0.429. The molecule has 0 saturated carbocycles. The van der Waals surface area contributed by atoms with Crippen LogP contribution in [-0.2, 0) is 26.4 Å². The second kappa shape index (κ2) is 10.6. The van der Waals surface area contributed by atoms with Gasteiger partial charge in [0.05, 0.1) is 39.1 Å². The van der Waals surface area contributed by atoms with Crippen LogP contribution in [0.4, 0.5) is 0 Å². The molecule has 8 nitrogen and oxygen atoms in total. The third kappa shape index (κ3) is 5.98. The molecule has 0 N–H and O–H groups in total. The van der Waals surface area contributed by atoms with Crippen molar-refractivity contribution in [1.82, 2.24) is 14.9 Å². The largest absolute Gasteiger partial charge is 0.497 e. The molecular weight excluding hydrogens is 445 g/mol. The van der Waals surface area contributed by atoms with Gasteiger partial charge >= 0.3 is 5.97 Å². The van der Waals surface area contributed by atoms with Crippen LogP contribution in [-0.4, -0.2) is 47.6 Å². The third-order valence-electron chi connectivity index (χ3n) is 4.68. The minimum atomic E-state index is -1.04. The number of rotatable bonds is 9. The lowest BCUT2D eigenvalue weighted by Crippen LogP contribution is -2.46. The summed E-state index contributed by atoms with van der Waals surface area (Å²) < 4.78 is 15.6. The number of nitrogens with zero attached hydrogens (tertiary/aromatic N) is 3. The number of carbonyl (C=O) groups excluding carboxylic acids is 2. The van der Waals surface area contributed by atoms with Gasteiger partial charge in [0.25, 0.3) is 0 Å². The van der Waals surface area contributed by atoms with Crippen molar-refractivity contribution in [2.24, 2.45) is 0 Å². The lowest BCUT2D eigenvalue weighted by Gasteiger charge is -2.38. The van der Waals surface area contributed by atoms with Crippen LogP contribution in [0.2, 0.25) is 10.3 Å². The topological polar surface area (TPSA) is 90.9 Å². The molecule has 0 aliphatic heterocycles. The van der Waals surface area contributed by atoms with E-state index in [1.165, 1.54) is 18.2 Å². The molecule has 0 atom stereocenters. The molecule has 1 aromatic carbocycles. The molecule has 0 aliphatic rings. The molecule has 10 heteroatoms. The van der Waals surface area contributed by atoms with Crippen LogP contribution in [0.1, 0.15) is 38.4 Å². The van der Waals surface area contributed by atoms with Gasteiger partial charge in [-0.1, -0.05) is 23.2 Å². The van der Waals surface area contributed by atoms with Crippen molar-refractivity contribution >= 4 is 35.1 Å². The first kappa shape index (κ1) is 24.7. The van der Waals surface area contributed by atoms with Crippen LogP contribution >= 0.6 is 23.2 Å². The molecule has 0 radical (unpaired) electrons. The highest BCUT2D eigenvalue weighted by molar-refractivity contribution is 6.32. The molecule has 0 bridgehead atoms. The molecule has 2 rings (SSSR count). The molecule has 0 spiro atoms. The third-order valence-corrected chi connectivity index (χ3v) is 5.13. The molecule has 1 amide bonds. The van der Waals surface area contributed by atoms with Crippen LogP contribution in [0.25, 0.3) is 0 Å². The minimum Gasteiger partial charge on any atom is -0.497 e. The zero-order valence-electron chi connectivity index (χ0n) is 18.1. The van der Waals surface area contributed by atoms with Crippen molar-refractivity contribution < 1.29 is 23.8 Å². The minimum absolute atomic E-state index is 0.0631. The van der Waals surface area contributed by atoms with E-state index in [1.807, 2.05) is 0 Å². The number of aromatic nitrogens is 2. The standard InChI is InChI=1S/C21H25Cl2N3O5/c1-6-31-18(28)10-17(27)26(12-13-7-8-14(29-4)9-15(13)30-5)21(2,3)19-20(23)25-16(22)11-24-19/h7-9,11H,6,10,12H2,1-5H3. The Hall–Kier alpha value is -2.58. The van der Waals surface area contributed by atoms with E-state index < -0.39 is 23.8 Å². The Morgan fingerprint density at radius 2 is 1.87 bits per heavy atom. The highest BCUT2D eigenvalue weighted by Gasteiger charge is 2.37. The maximum Gasteiger partial charge on any atom is 0.315 e. The summed E-state index contributed by atoms with van der Waals surface area (Å²) in [6.07, 6.45) is 0.918. The average molecular weight is 470 g/mol. The van der Waals surface area contributed by atoms with E-state index in [2.05, 4.69) is 9.97 Å². The zero-order chi connectivity index (χ0) is 23.2. The molecule has 2 aromatic rings. The number of halogens is 2.